The molecule has 4 nitrogen and oxygen atoms in total. The Hall–Kier alpha value is -2.42. The van der Waals surface area contributed by atoms with E-state index < -0.39 is 11.7 Å². The zero-order valence-electron chi connectivity index (χ0n) is 18.1. The van der Waals surface area contributed by atoms with Gasteiger partial charge in [-0.05, 0) is 42.7 Å². The van der Waals surface area contributed by atoms with Gasteiger partial charge >= 0.3 is 6.18 Å². The molecule has 0 saturated carbocycles. The standard InChI is InChI=1S/C24H23ClF3NO3S/c1-14(2)22-21(33-23(29-22)15-3-6-17(7-4-15)24(26,27)28)10-8-19(31)16-5-9-20(18(25)13-16)32-12-11-30/h3-7,9,13-14,30H,8,10-12H2,1-2H3. The number of thiazole rings is 1. The van der Waals surface area contributed by atoms with Crippen LogP contribution in [-0.4, -0.2) is 29.1 Å². The summed E-state index contributed by atoms with van der Waals surface area (Å²) < 4.78 is 43.8. The Morgan fingerprint density at radius 2 is 1.88 bits per heavy atom. The second-order valence-electron chi connectivity index (χ2n) is 7.70. The van der Waals surface area contributed by atoms with Crippen molar-refractivity contribution in [3.05, 3.63) is 69.2 Å². The molecule has 0 unspecified atom stereocenters. The lowest BCUT2D eigenvalue weighted by Gasteiger charge is -2.08. The van der Waals surface area contributed by atoms with Gasteiger partial charge in [-0.3, -0.25) is 4.79 Å². The Balaban J connectivity index is 1.75. The SMILES string of the molecule is CC(C)c1nc(-c2ccc(C(F)(F)F)cc2)sc1CCC(=O)c1ccc(OCCO)c(Cl)c1. The fraction of sp³-hybridized carbons (Fsp3) is 0.333. The number of rotatable bonds is 9. The van der Waals surface area contributed by atoms with Crippen molar-refractivity contribution in [2.75, 3.05) is 13.2 Å². The summed E-state index contributed by atoms with van der Waals surface area (Å²) in [6, 6.07) is 9.70. The van der Waals surface area contributed by atoms with E-state index in [0.717, 1.165) is 22.7 Å². The molecule has 0 bridgehead atoms. The third-order valence-electron chi connectivity index (χ3n) is 4.92. The van der Waals surface area contributed by atoms with Crippen LogP contribution in [0, 0.1) is 0 Å². The third kappa shape index (κ3) is 6.34. The first-order chi connectivity index (χ1) is 15.6. The van der Waals surface area contributed by atoms with Crippen molar-refractivity contribution in [1.82, 2.24) is 4.98 Å². The van der Waals surface area contributed by atoms with Gasteiger partial charge in [-0.1, -0.05) is 37.6 Å². The van der Waals surface area contributed by atoms with E-state index in [-0.39, 0.29) is 31.3 Å². The topological polar surface area (TPSA) is 59.4 Å². The third-order valence-corrected chi connectivity index (χ3v) is 6.39. The van der Waals surface area contributed by atoms with E-state index in [1.807, 2.05) is 13.8 Å². The predicted octanol–water partition coefficient (Wildman–Crippen LogP) is 6.79. The van der Waals surface area contributed by atoms with Gasteiger partial charge in [0.15, 0.2) is 5.78 Å². The Morgan fingerprint density at radius 3 is 2.45 bits per heavy atom. The summed E-state index contributed by atoms with van der Waals surface area (Å²) in [4.78, 5) is 18.3. The summed E-state index contributed by atoms with van der Waals surface area (Å²) in [5.74, 6) is 0.407. The molecule has 0 saturated heterocycles. The lowest BCUT2D eigenvalue weighted by molar-refractivity contribution is -0.137. The lowest BCUT2D eigenvalue weighted by atomic mass is 10.0. The number of carbonyl (C=O) groups is 1. The van der Waals surface area contributed by atoms with Crippen LogP contribution in [0.15, 0.2) is 42.5 Å². The van der Waals surface area contributed by atoms with Gasteiger partial charge in [0, 0.05) is 22.4 Å². The molecule has 176 valence electrons. The summed E-state index contributed by atoms with van der Waals surface area (Å²) in [6.07, 6.45) is -3.69. The van der Waals surface area contributed by atoms with E-state index in [9.17, 15) is 18.0 Å². The molecule has 0 amide bonds. The highest BCUT2D eigenvalue weighted by Gasteiger charge is 2.30. The normalized spacial score (nSPS) is 11.8. The number of ketones is 1. The molecule has 0 aliphatic rings. The van der Waals surface area contributed by atoms with Crippen molar-refractivity contribution in [3.63, 3.8) is 0 Å². The molecule has 0 radical (unpaired) electrons. The highest BCUT2D eigenvalue weighted by Crippen LogP contribution is 2.35. The van der Waals surface area contributed by atoms with Gasteiger partial charge in [-0.2, -0.15) is 13.2 Å². The van der Waals surface area contributed by atoms with Crippen molar-refractivity contribution < 1.29 is 27.8 Å². The molecule has 0 aliphatic carbocycles. The molecule has 3 aromatic rings. The summed E-state index contributed by atoms with van der Waals surface area (Å²) >= 11 is 7.56. The van der Waals surface area contributed by atoms with Crippen LogP contribution in [0.4, 0.5) is 13.2 Å². The van der Waals surface area contributed by atoms with Gasteiger partial charge in [-0.15, -0.1) is 11.3 Å². The summed E-state index contributed by atoms with van der Waals surface area (Å²) in [5, 5.41) is 9.77. The number of carbonyl (C=O) groups excluding carboxylic acids is 1. The van der Waals surface area contributed by atoms with Crippen molar-refractivity contribution in [2.24, 2.45) is 0 Å². The Morgan fingerprint density at radius 1 is 1.18 bits per heavy atom. The molecule has 0 spiro atoms. The zero-order chi connectivity index (χ0) is 24.2. The van der Waals surface area contributed by atoms with Gasteiger partial charge in [0.1, 0.15) is 17.4 Å². The van der Waals surface area contributed by atoms with E-state index in [1.165, 1.54) is 23.5 Å². The molecule has 1 heterocycles. The van der Waals surface area contributed by atoms with Crippen molar-refractivity contribution in [3.8, 4) is 16.3 Å². The average molecular weight is 498 g/mol. The summed E-state index contributed by atoms with van der Waals surface area (Å²) in [5.41, 5.74) is 1.20. The van der Waals surface area contributed by atoms with E-state index in [1.54, 1.807) is 18.2 Å². The van der Waals surface area contributed by atoms with E-state index >= 15 is 0 Å². The highest BCUT2D eigenvalue weighted by atomic mass is 35.5. The average Bonchev–Trinajstić information content (AvgIpc) is 3.21. The first kappa shape index (κ1) is 25.2. The van der Waals surface area contributed by atoms with Gasteiger partial charge in [0.25, 0.3) is 0 Å². The van der Waals surface area contributed by atoms with Crippen LogP contribution in [-0.2, 0) is 12.6 Å². The summed E-state index contributed by atoms with van der Waals surface area (Å²) in [6.45, 7) is 3.94. The monoisotopic (exact) mass is 497 g/mol. The number of alkyl halides is 3. The fourth-order valence-electron chi connectivity index (χ4n) is 3.24. The van der Waals surface area contributed by atoms with Gasteiger partial charge in [0.05, 0.1) is 22.9 Å². The van der Waals surface area contributed by atoms with E-state index in [2.05, 4.69) is 4.98 Å². The largest absolute Gasteiger partial charge is 0.490 e. The predicted molar refractivity (Wildman–Crippen MR) is 123 cm³/mol. The molecule has 2 aromatic carbocycles. The Labute approximate surface area is 199 Å². The van der Waals surface area contributed by atoms with Crippen LogP contribution in [0.3, 0.4) is 0 Å². The minimum Gasteiger partial charge on any atom is -0.490 e. The van der Waals surface area contributed by atoms with Crippen LogP contribution < -0.4 is 4.74 Å². The van der Waals surface area contributed by atoms with Crippen LogP contribution >= 0.6 is 22.9 Å². The van der Waals surface area contributed by atoms with Gasteiger partial charge in [0.2, 0.25) is 0 Å². The number of ether oxygens (including phenoxy) is 1. The number of aliphatic hydroxyl groups is 1. The first-order valence-corrected chi connectivity index (χ1v) is 11.5. The number of hydrogen-bond acceptors (Lipinski definition) is 5. The molecule has 0 fully saturated rings. The second kappa shape index (κ2) is 10.7. The smallest absolute Gasteiger partial charge is 0.416 e. The number of nitrogens with zero attached hydrogens (tertiary/aromatic N) is 1. The second-order valence-corrected chi connectivity index (χ2v) is 9.19. The molecule has 0 atom stereocenters. The van der Waals surface area contributed by atoms with Crippen LogP contribution in [0.2, 0.25) is 5.02 Å². The molecule has 0 aliphatic heterocycles. The molecule has 33 heavy (non-hydrogen) atoms. The Kier molecular flexibility index (Phi) is 8.15. The van der Waals surface area contributed by atoms with E-state index in [0.29, 0.717) is 33.3 Å². The summed E-state index contributed by atoms with van der Waals surface area (Å²) in [7, 11) is 0. The number of benzene rings is 2. The maximum atomic E-state index is 12.8. The van der Waals surface area contributed by atoms with Crippen LogP contribution in [0.1, 0.15) is 52.7 Å². The quantitative estimate of drug-likeness (QED) is 0.330. The Bertz CT molecular complexity index is 1110. The number of halogens is 4. The molecule has 9 heteroatoms. The van der Waals surface area contributed by atoms with Crippen LogP contribution in [0.25, 0.3) is 10.6 Å². The number of aromatic nitrogens is 1. The molecule has 3 rings (SSSR count). The maximum absolute atomic E-state index is 12.8. The minimum atomic E-state index is -4.39. The van der Waals surface area contributed by atoms with Gasteiger partial charge < -0.3 is 9.84 Å². The molecular formula is C24H23ClF3NO3S. The van der Waals surface area contributed by atoms with Crippen molar-refractivity contribution >= 4 is 28.7 Å². The number of hydrogen-bond donors (Lipinski definition) is 1. The minimum absolute atomic E-state index is 0.0928. The van der Waals surface area contributed by atoms with Crippen LogP contribution in [0.5, 0.6) is 5.75 Å². The highest BCUT2D eigenvalue weighted by molar-refractivity contribution is 7.15. The first-order valence-electron chi connectivity index (χ1n) is 10.3. The number of aryl methyl sites for hydroxylation is 1. The maximum Gasteiger partial charge on any atom is 0.416 e. The van der Waals surface area contributed by atoms with Crippen molar-refractivity contribution in [2.45, 2.75) is 38.8 Å². The molecule has 1 N–H and O–H groups in total. The van der Waals surface area contributed by atoms with E-state index in [4.69, 9.17) is 21.4 Å². The van der Waals surface area contributed by atoms with Gasteiger partial charge in [-0.25, -0.2) is 4.98 Å². The number of Topliss-reactive ketones (excluding diaryl/α,β-unsaturated/α-hetero) is 1. The lowest BCUT2D eigenvalue weighted by Crippen LogP contribution is -2.05. The number of aliphatic hydroxyl groups excluding tert-OH is 1. The molecule has 1 aromatic heterocycles. The fourth-order valence-corrected chi connectivity index (χ4v) is 4.69. The molecular weight excluding hydrogens is 475 g/mol. The van der Waals surface area contributed by atoms with Crippen molar-refractivity contribution in [1.29, 1.82) is 0 Å². The zero-order valence-corrected chi connectivity index (χ0v) is 19.7.